The molecule has 0 aliphatic rings. The van der Waals surface area contributed by atoms with Crippen LogP contribution in [0.15, 0.2) is 40.9 Å². The molecule has 1 aromatic heterocycles. The molecule has 1 heterocycles. The van der Waals surface area contributed by atoms with Gasteiger partial charge in [-0.1, -0.05) is 17.7 Å². The zero-order chi connectivity index (χ0) is 13.1. The summed E-state index contributed by atoms with van der Waals surface area (Å²) in [5.41, 5.74) is 0.759. The van der Waals surface area contributed by atoms with E-state index in [-0.39, 0.29) is 5.69 Å². The van der Waals surface area contributed by atoms with Gasteiger partial charge in [-0.3, -0.25) is 0 Å². The third kappa shape index (κ3) is 3.00. The number of rotatable bonds is 3. The number of carbonyl (C=O) groups is 1. The first-order valence-corrected chi connectivity index (χ1v) is 6.16. The Bertz CT molecular complexity index is 604. The molecule has 0 saturated heterocycles. The molecule has 6 heteroatoms. The predicted molar refractivity (Wildman–Crippen MR) is 73.6 cm³/mol. The van der Waals surface area contributed by atoms with Crippen molar-refractivity contribution < 1.29 is 9.90 Å². The first kappa shape index (κ1) is 12.9. The molecule has 0 radical (unpaired) electrons. The van der Waals surface area contributed by atoms with E-state index in [9.17, 15) is 4.79 Å². The van der Waals surface area contributed by atoms with E-state index in [0.717, 1.165) is 10.2 Å². The standard InChI is InChI=1S/C12H8BrClN2O2/c13-8-6-7(4-5-9(8)14)15-11-3-1-2-10(16-11)12(17)18/h1-6H,(H,15,16)(H,17,18). The molecule has 1 aromatic carbocycles. The fourth-order valence-electron chi connectivity index (χ4n) is 1.35. The number of carboxylic acids is 1. The molecule has 0 spiro atoms. The normalized spacial score (nSPS) is 10.1. The van der Waals surface area contributed by atoms with E-state index >= 15 is 0 Å². The van der Waals surface area contributed by atoms with Gasteiger partial charge in [-0.2, -0.15) is 0 Å². The molecule has 2 aromatic rings. The van der Waals surface area contributed by atoms with E-state index < -0.39 is 5.97 Å². The van der Waals surface area contributed by atoms with Crippen LogP contribution in [0, 0.1) is 0 Å². The maximum absolute atomic E-state index is 10.8. The van der Waals surface area contributed by atoms with Crippen molar-refractivity contribution in [2.24, 2.45) is 0 Å². The highest BCUT2D eigenvalue weighted by Gasteiger charge is 2.05. The van der Waals surface area contributed by atoms with Crippen molar-refractivity contribution in [1.29, 1.82) is 0 Å². The summed E-state index contributed by atoms with van der Waals surface area (Å²) in [5, 5.41) is 12.4. The Kier molecular flexibility index (Phi) is 3.84. The van der Waals surface area contributed by atoms with Gasteiger partial charge in [-0.25, -0.2) is 9.78 Å². The second-order valence-electron chi connectivity index (χ2n) is 3.47. The van der Waals surface area contributed by atoms with E-state index in [2.05, 4.69) is 26.2 Å². The monoisotopic (exact) mass is 326 g/mol. The van der Waals surface area contributed by atoms with Crippen molar-refractivity contribution in [3.8, 4) is 0 Å². The molecule has 4 nitrogen and oxygen atoms in total. The van der Waals surface area contributed by atoms with Gasteiger partial charge in [0.1, 0.15) is 5.82 Å². The van der Waals surface area contributed by atoms with Crippen LogP contribution in [0.2, 0.25) is 5.02 Å². The average molecular weight is 328 g/mol. The van der Waals surface area contributed by atoms with E-state index in [1.165, 1.54) is 6.07 Å². The summed E-state index contributed by atoms with van der Waals surface area (Å²) in [4.78, 5) is 14.7. The number of carboxylic acid groups (broad SMARTS) is 1. The lowest BCUT2D eigenvalue weighted by molar-refractivity contribution is 0.0690. The van der Waals surface area contributed by atoms with Crippen LogP contribution in [0.4, 0.5) is 11.5 Å². The van der Waals surface area contributed by atoms with Gasteiger partial charge in [-0.15, -0.1) is 0 Å². The lowest BCUT2D eigenvalue weighted by Gasteiger charge is -2.07. The van der Waals surface area contributed by atoms with E-state index in [1.807, 2.05) is 0 Å². The van der Waals surface area contributed by atoms with Crippen LogP contribution in [0.3, 0.4) is 0 Å². The van der Waals surface area contributed by atoms with Crippen molar-refractivity contribution in [1.82, 2.24) is 4.98 Å². The van der Waals surface area contributed by atoms with Crippen molar-refractivity contribution in [3.63, 3.8) is 0 Å². The van der Waals surface area contributed by atoms with Gasteiger partial charge in [-0.05, 0) is 46.3 Å². The summed E-state index contributed by atoms with van der Waals surface area (Å²) >= 11 is 9.19. The van der Waals surface area contributed by atoms with Crippen molar-refractivity contribution >= 4 is 45.0 Å². The smallest absolute Gasteiger partial charge is 0.354 e. The maximum atomic E-state index is 10.8. The molecule has 0 atom stereocenters. The second-order valence-corrected chi connectivity index (χ2v) is 4.73. The molecule has 0 amide bonds. The van der Waals surface area contributed by atoms with Gasteiger partial charge in [0, 0.05) is 10.2 Å². The molecule has 0 saturated carbocycles. The maximum Gasteiger partial charge on any atom is 0.354 e. The predicted octanol–water partition coefficient (Wildman–Crippen LogP) is 3.94. The van der Waals surface area contributed by atoms with Gasteiger partial charge < -0.3 is 10.4 Å². The Morgan fingerprint density at radius 2 is 2.11 bits per heavy atom. The Labute approximate surface area is 117 Å². The quantitative estimate of drug-likeness (QED) is 0.896. The number of aromatic nitrogens is 1. The zero-order valence-electron chi connectivity index (χ0n) is 9.02. The van der Waals surface area contributed by atoms with Crippen LogP contribution >= 0.6 is 27.5 Å². The Hall–Kier alpha value is -1.59. The van der Waals surface area contributed by atoms with Crippen LogP contribution in [-0.4, -0.2) is 16.1 Å². The molecular weight excluding hydrogens is 320 g/mol. The molecule has 0 aliphatic heterocycles. The SMILES string of the molecule is O=C(O)c1cccc(Nc2ccc(Cl)c(Br)c2)n1. The molecule has 2 rings (SSSR count). The van der Waals surface area contributed by atoms with E-state index in [0.29, 0.717) is 10.8 Å². The minimum absolute atomic E-state index is 0.00645. The number of aromatic carboxylic acids is 1. The molecule has 0 unspecified atom stereocenters. The van der Waals surface area contributed by atoms with Crippen LogP contribution in [-0.2, 0) is 0 Å². The molecule has 92 valence electrons. The largest absolute Gasteiger partial charge is 0.477 e. The Morgan fingerprint density at radius 1 is 1.33 bits per heavy atom. The van der Waals surface area contributed by atoms with Crippen molar-refractivity contribution in [2.45, 2.75) is 0 Å². The van der Waals surface area contributed by atoms with Crippen LogP contribution < -0.4 is 5.32 Å². The average Bonchev–Trinajstić information content (AvgIpc) is 2.34. The number of nitrogens with zero attached hydrogens (tertiary/aromatic N) is 1. The summed E-state index contributed by atoms with van der Waals surface area (Å²) in [5.74, 6) is -0.597. The highest BCUT2D eigenvalue weighted by atomic mass is 79.9. The number of hydrogen-bond acceptors (Lipinski definition) is 3. The number of hydrogen-bond donors (Lipinski definition) is 2. The third-order valence-corrected chi connectivity index (χ3v) is 3.37. The van der Waals surface area contributed by atoms with Crippen molar-refractivity contribution in [2.75, 3.05) is 5.32 Å². The molecular formula is C12H8BrClN2O2. The summed E-state index contributed by atoms with van der Waals surface area (Å²) in [6.45, 7) is 0. The summed E-state index contributed by atoms with van der Waals surface area (Å²) in [7, 11) is 0. The van der Waals surface area contributed by atoms with Crippen LogP contribution in [0.1, 0.15) is 10.5 Å². The second kappa shape index (κ2) is 5.37. The number of benzene rings is 1. The molecule has 2 N–H and O–H groups in total. The van der Waals surface area contributed by atoms with Gasteiger partial charge in [0.2, 0.25) is 0 Å². The third-order valence-electron chi connectivity index (χ3n) is 2.16. The van der Waals surface area contributed by atoms with Gasteiger partial charge in [0.15, 0.2) is 5.69 Å². The summed E-state index contributed by atoms with van der Waals surface area (Å²) < 4.78 is 0.753. The van der Waals surface area contributed by atoms with Crippen molar-refractivity contribution in [3.05, 3.63) is 51.6 Å². The first-order valence-electron chi connectivity index (χ1n) is 4.98. The number of nitrogens with one attached hydrogen (secondary N) is 1. The highest BCUT2D eigenvalue weighted by Crippen LogP contribution is 2.26. The first-order chi connectivity index (χ1) is 8.56. The lowest BCUT2D eigenvalue weighted by Crippen LogP contribution is -2.02. The van der Waals surface area contributed by atoms with E-state index in [1.54, 1.807) is 30.3 Å². The van der Waals surface area contributed by atoms with Gasteiger partial charge in [0.25, 0.3) is 0 Å². The van der Waals surface area contributed by atoms with Crippen LogP contribution in [0.25, 0.3) is 0 Å². The molecule has 0 bridgehead atoms. The van der Waals surface area contributed by atoms with Gasteiger partial charge >= 0.3 is 5.97 Å². The number of halogens is 2. The summed E-state index contributed by atoms with van der Waals surface area (Å²) in [6, 6.07) is 10.1. The minimum atomic E-state index is -1.06. The number of anilines is 2. The van der Waals surface area contributed by atoms with E-state index in [4.69, 9.17) is 16.7 Å². The molecule has 18 heavy (non-hydrogen) atoms. The molecule has 0 aliphatic carbocycles. The topological polar surface area (TPSA) is 62.2 Å². The minimum Gasteiger partial charge on any atom is -0.477 e. The zero-order valence-corrected chi connectivity index (χ0v) is 11.4. The fraction of sp³-hybridized carbons (Fsp3) is 0. The Morgan fingerprint density at radius 3 is 2.78 bits per heavy atom. The summed E-state index contributed by atoms with van der Waals surface area (Å²) in [6.07, 6.45) is 0. The fourth-order valence-corrected chi connectivity index (χ4v) is 1.84. The van der Waals surface area contributed by atoms with Gasteiger partial charge in [0.05, 0.1) is 5.02 Å². The lowest BCUT2D eigenvalue weighted by atomic mass is 10.3. The Balaban J connectivity index is 2.25. The number of pyridine rings is 1. The highest BCUT2D eigenvalue weighted by molar-refractivity contribution is 9.10. The molecule has 0 fully saturated rings. The van der Waals surface area contributed by atoms with Crippen LogP contribution in [0.5, 0.6) is 0 Å².